The van der Waals surface area contributed by atoms with E-state index in [4.69, 9.17) is 10.2 Å². The maximum Gasteiger partial charge on any atom is 0.256 e. The van der Waals surface area contributed by atoms with Gasteiger partial charge >= 0.3 is 0 Å². The minimum absolute atomic E-state index is 0.191. The molecule has 3 rings (SSSR count). The first-order chi connectivity index (χ1) is 13.1. The van der Waals surface area contributed by atoms with E-state index in [-0.39, 0.29) is 11.8 Å². The number of furan rings is 1. The van der Waals surface area contributed by atoms with E-state index in [0.29, 0.717) is 35.8 Å². The van der Waals surface area contributed by atoms with Gasteiger partial charge in [-0.1, -0.05) is 0 Å². The number of carbonyl (C=O) groups is 2. The molecule has 0 aliphatic rings. The summed E-state index contributed by atoms with van der Waals surface area (Å²) in [6.45, 7) is 1.05. The lowest BCUT2D eigenvalue weighted by atomic mass is 10.1. The van der Waals surface area contributed by atoms with Crippen LogP contribution >= 0.6 is 0 Å². The van der Waals surface area contributed by atoms with Gasteiger partial charge in [-0.3, -0.25) is 14.3 Å². The first kappa shape index (κ1) is 18.4. The summed E-state index contributed by atoms with van der Waals surface area (Å²) in [5, 5.41) is 9.78. The van der Waals surface area contributed by atoms with Gasteiger partial charge in [0, 0.05) is 30.8 Å². The summed E-state index contributed by atoms with van der Waals surface area (Å²) in [6.07, 6.45) is 2.30. The van der Waals surface area contributed by atoms with E-state index in [2.05, 4.69) is 15.7 Å². The van der Waals surface area contributed by atoms with Gasteiger partial charge in [-0.2, -0.15) is 5.10 Å². The Labute approximate surface area is 156 Å². The van der Waals surface area contributed by atoms with Crippen molar-refractivity contribution in [3.8, 4) is 11.5 Å². The van der Waals surface area contributed by atoms with Gasteiger partial charge in [0.25, 0.3) is 11.8 Å². The van der Waals surface area contributed by atoms with Gasteiger partial charge in [0.2, 0.25) is 0 Å². The third-order valence-electron chi connectivity index (χ3n) is 3.97. The van der Waals surface area contributed by atoms with Crippen molar-refractivity contribution < 1.29 is 14.0 Å². The Morgan fingerprint density at radius 2 is 1.85 bits per heavy atom. The lowest BCUT2D eigenvalue weighted by Gasteiger charge is -2.06. The molecule has 0 unspecified atom stereocenters. The Morgan fingerprint density at radius 3 is 2.48 bits per heavy atom. The molecular weight excluding hydrogens is 346 g/mol. The number of aromatic nitrogens is 2. The lowest BCUT2D eigenvalue weighted by Crippen LogP contribution is -2.26. The highest BCUT2D eigenvalue weighted by Crippen LogP contribution is 2.22. The van der Waals surface area contributed by atoms with Gasteiger partial charge in [-0.15, -0.1) is 0 Å². The topological polar surface area (TPSA) is 115 Å². The highest BCUT2D eigenvalue weighted by Gasteiger charge is 2.13. The van der Waals surface area contributed by atoms with Gasteiger partial charge < -0.3 is 20.8 Å². The largest absolute Gasteiger partial charge is 0.463 e. The number of aryl methyl sites for hydroxylation is 1. The van der Waals surface area contributed by atoms with Crippen molar-refractivity contribution in [3.05, 3.63) is 59.9 Å². The zero-order valence-electron chi connectivity index (χ0n) is 14.9. The highest BCUT2D eigenvalue weighted by molar-refractivity contribution is 6.04. The minimum Gasteiger partial charge on any atom is -0.463 e. The molecule has 0 radical (unpaired) electrons. The second-order valence-electron chi connectivity index (χ2n) is 5.95. The number of benzene rings is 1. The van der Waals surface area contributed by atoms with Crippen molar-refractivity contribution in [1.29, 1.82) is 0 Å². The van der Waals surface area contributed by atoms with Crippen LogP contribution in [0.15, 0.2) is 53.1 Å². The average Bonchev–Trinajstić information content (AvgIpc) is 3.31. The number of hydrogen-bond acceptors (Lipinski definition) is 5. The van der Waals surface area contributed by atoms with Crippen LogP contribution in [0.3, 0.4) is 0 Å². The summed E-state index contributed by atoms with van der Waals surface area (Å²) in [5.74, 6) is 0.574. The van der Waals surface area contributed by atoms with E-state index < -0.39 is 0 Å². The normalized spacial score (nSPS) is 10.6. The fourth-order valence-electron chi connectivity index (χ4n) is 2.55. The molecular formula is C19H21N5O3. The number of anilines is 1. The molecule has 2 amide bonds. The zero-order valence-corrected chi connectivity index (χ0v) is 14.9. The molecule has 2 heterocycles. The smallest absolute Gasteiger partial charge is 0.256 e. The van der Waals surface area contributed by atoms with E-state index >= 15 is 0 Å². The molecule has 0 atom stereocenters. The molecule has 0 aliphatic heterocycles. The number of rotatable bonds is 7. The molecule has 3 aromatic rings. The standard InChI is InChI=1S/C19H21N5O3/c1-24-15(16-4-2-11-27-16)12-17(23-24)22-19(26)14-7-5-13(6-8-14)18(25)21-10-3-9-20/h2,4-8,11-12H,3,9-10,20H2,1H3,(H,21,25)(H,22,23,26). The molecule has 0 aliphatic carbocycles. The second-order valence-corrected chi connectivity index (χ2v) is 5.95. The third-order valence-corrected chi connectivity index (χ3v) is 3.97. The second kappa shape index (κ2) is 8.33. The van der Waals surface area contributed by atoms with Crippen LogP contribution in [0.25, 0.3) is 11.5 Å². The van der Waals surface area contributed by atoms with E-state index in [1.807, 2.05) is 6.07 Å². The van der Waals surface area contributed by atoms with Gasteiger partial charge in [0.15, 0.2) is 11.6 Å². The molecule has 0 saturated carbocycles. The molecule has 2 aromatic heterocycles. The molecule has 0 spiro atoms. The van der Waals surface area contributed by atoms with Crippen molar-refractivity contribution in [2.45, 2.75) is 6.42 Å². The van der Waals surface area contributed by atoms with Gasteiger partial charge in [0.1, 0.15) is 5.69 Å². The summed E-state index contributed by atoms with van der Waals surface area (Å²) in [6, 6.07) is 11.8. The Hall–Kier alpha value is -3.39. The van der Waals surface area contributed by atoms with E-state index in [1.54, 1.807) is 54.4 Å². The maximum absolute atomic E-state index is 12.4. The van der Waals surface area contributed by atoms with Crippen molar-refractivity contribution >= 4 is 17.6 Å². The quantitative estimate of drug-likeness (QED) is 0.553. The molecule has 8 nitrogen and oxygen atoms in total. The van der Waals surface area contributed by atoms with Gasteiger partial charge in [0.05, 0.1) is 6.26 Å². The number of nitrogens with one attached hydrogen (secondary N) is 2. The van der Waals surface area contributed by atoms with Crippen molar-refractivity contribution in [2.75, 3.05) is 18.4 Å². The third kappa shape index (κ3) is 4.42. The molecule has 1 aromatic carbocycles. The summed E-state index contributed by atoms with van der Waals surface area (Å²) in [5.41, 5.74) is 7.07. The molecule has 27 heavy (non-hydrogen) atoms. The zero-order chi connectivity index (χ0) is 19.2. The Kier molecular flexibility index (Phi) is 5.68. The van der Waals surface area contributed by atoms with Crippen LogP contribution in [0.2, 0.25) is 0 Å². The number of hydrogen-bond donors (Lipinski definition) is 3. The van der Waals surface area contributed by atoms with Crippen LogP contribution in [0.1, 0.15) is 27.1 Å². The Bertz CT molecular complexity index is 913. The molecule has 8 heteroatoms. The van der Waals surface area contributed by atoms with Crippen LogP contribution < -0.4 is 16.4 Å². The fourth-order valence-corrected chi connectivity index (χ4v) is 2.55. The van der Waals surface area contributed by atoms with Gasteiger partial charge in [-0.25, -0.2) is 0 Å². The minimum atomic E-state index is -0.311. The van der Waals surface area contributed by atoms with Crippen LogP contribution in [-0.2, 0) is 7.05 Å². The molecule has 0 saturated heterocycles. The number of nitrogens with two attached hydrogens (primary N) is 1. The SMILES string of the molecule is Cn1nc(NC(=O)c2ccc(C(=O)NCCCN)cc2)cc1-c1ccco1. The van der Waals surface area contributed by atoms with Crippen LogP contribution in [0.5, 0.6) is 0 Å². The molecule has 0 fully saturated rings. The van der Waals surface area contributed by atoms with Gasteiger partial charge in [-0.05, 0) is 49.4 Å². The predicted octanol–water partition coefficient (Wildman–Crippen LogP) is 2.01. The van der Waals surface area contributed by atoms with E-state index in [1.165, 1.54) is 0 Å². The average molecular weight is 367 g/mol. The van der Waals surface area contributed by atoms with Crippen molar-refractivity contribution in [1.82, 2.24) is 15.1 Å². The van der Waals surface area contributed by atoms with Crippen LogP contribution in [0, 0.1) is 0 Å². The van der Waals surface area contributed by atoms with E-state index in [0.717, 1.165) is 12.1 Å². The number of amides is 2. The summed E-state index contributed by atoms with van der Waals surface area (Å²) in [7, 11) is 1.77. The first-order valence-electron chi connectivity index (χ1n) is 8.56. The lowest BCUT2D eigenvalue weighted by molar-refractivity contribution is 0.0951. The van der Waals surface area contributed by atoms with Crippen molar-refractivity contribution in [2.24, 2.45) is 12.8 Å². The number of carbonyl (C=O) groups excluding carboxylic acids is 2. The Morgan fingerprint density at radius 1 is 1.15 bits per heavy atom. The highest BCUT2D eigenvalue weighted by atomic mass is 16.3. The fraction of sp³-hybridized carbons (Fsp3) is 0.211. The van der Waals surface area contributed by atoms with Crippen LogP contribution in [-0.4, -0.2) is 34.7 Å². The molecule has 0 bridgehead atoms. The Balaban J connectivity index is 1.65. The number of nitrogens with zero attached hydrogens (tertiary/aromatic N) is 2. The monoisotopic (exact) mass is 367 g/mol. The van der Waals surface area contributed by atoms with Crippen molar-refractivity contribution in [3.63, 3.8) is 0 Å². The van der Waals surface area contributed by atoms with E-state index in [9.17, 15) is 9.59 Å². The first-order valence-corrected chi connectivity index (χ1v) is 8.56. The predicted molar refractivity (Wildman–Crippen MR) is 101 cm³/mol. The summed E-state index contributed by atoms with van der Waals surface area (Å²) in [4.78, 5) is 24.4. The molecule has 4 N–H and O–H groups in total. The summed E-state index contributed by atoms with van der Waals surface area (Å²) < 4.78 is 6.98. The molecule has 140 valence electrons. The summed E-state index contributed by atoms with van der Waals surface area (Å²) >= 11 is 0. The maximum atomic E-state index is 12.4. The van der Waals surface area contributed by atoms with Crippen LogP contribution in [0.4, 0.5) is 5.82 Å².